The number of hydrogen-bond acceptors (Lipinski definition) is 6. The maximum atomic E-state index is 12.7. The second-order valence-corrected chi connectivity index (χ2v) is 15.0. The van der Waals surface area contributed by atoms with E-state index >= 15 is 0 Å². The molecular formula is C37H77N2O6P. The molecule has 0 fully saturated rings. The molecule has 0 saturated carbocycles. The molecule has 3 unspecified atom stereocenters. The number of amides is 1. The van der Waals surface area contributed by atoms with Crippen LogP contribution >= 0.6 is 7.82 Å². The minimum Gasteiger partial charge on any atom is -0.391 e. The Balaban J connectivity index is 4.16. The average Bonchev–Trinajstić information content (AvgIpc) is 3.04. The van der Waals surface area contributed by atoms with Crippen LogP contribution in [0.25, 0.3) is 0 Å². The topological polar surface area (TPSA) is 131 Å². The summed E-state index contributed by atoms with van der Waals surface area (Å²) in [6.45, 7) is 4.21. The number of carbonyl (C=O) groups is 1. The van der Waals surface area contributed by atoms with E-state index in [-0.39, 0.29) is 25.7 Å². The van der Waals surface area contributed by atoms with Crippen LogP contribution in [-0.4, -0.2) is 47.8 Å². The van der Waals surface area contributed by atoms with Crippen LogP contribution in [0.5, 0.6) is 0 Å². The van der Waals surface area contributed by atoms with Crippen LogP contribution in [0.4, 0.5) is 0 Å². The molecule has 276 valence electrons. The fraction of sp³-hybridized carbons (Fsp3) is 0.973. The quantitative estimate of drug-likeness (QED) is 0.0380. The summed E-state index contributed by atoms with van der Waals surface area (Å²) >= 11 is 0. The Hall–Kier alpha value is -0.500. The van der Waals surface area contributed by atoms with Crippen LogP contribution in [0.1, 0.15) is 200 Å². The van der Waals surface area contributed by atoms with E-state index in [1.165, 1.54) is 135 Å². The molecule has 3 atom stereocenters. The lowest BCUT2D eigenvalue weighted by atomic mass is 10.0. The van der Waals surface area contributed by atoms with E-state index in [2.05, 4.69) is 19.2 Å². The second kappa shape index (κ2) is 34.4. The van der Waals surface area contributed by atoms with E-state index in [0.29, 0.717) is 12.8 Å². The van der Waals surface area contributed by atoms with Crippen molar-refractivity contribution in [2.75, 3.05) is 19.8 Å². The van der Waals surface area contributed by atoms with Crippen molar-refractivity contribution in [2.45, 2.75) is 212 Å². The SMILES string of the molecule is CCCCCCCCCCCCCCCCCCC(=O)NC(COP(=O)(O)OCCN)C(O)CCCCCCCCCCCCC. The maximum absolute atomic E-state index is 12.7. The summed E-state index contributed by atoms with van der Waals surface area (Å²) < 4.78 is 22.1. The summed E-state index contributed by atoms with van der Waals surface area (Å²) in [6.07, 6.45) is 33.9. The molecule has 8 nitrogen and oxygen atoms in total. The first-order valence-corrected chi connectivity index (χ1v) is 21.1. The second-order valence-electron chi connectivity index (χ2n) is 13.5. The molecule has 0 rings (SSSR count). The predicted molar refractivity (Wildman–Crippen MR) is 194 cm³/mol. The van der Waals surface area contributed by atoms with Crippen LogP contribution in [-0.2, 0) is 18.4 Å². The highest BCUT2D eigenvalue weighted by Crippen LogP contribution is 2.43. The Morgan fingerprint density at radius 1 is 0.630 bits per heavy atom. The monoisotopic (exact) mass is 677 g/mol. The third kappa shape index (κ3) is 32.1. The molecule has 0 aromatic heterocycles. The Labute approximate surface area is 284 Å². The molecule has 0 bridgehead atoms. The summed E-state index contributed by atoms with van der Waals surface area (Å²) in [6, 6.07) is -0.765. The van der Waals surface area contributed by atoms with E-state index < -0.39 is 20.0 Å². The van der Waals surface area contributed by atoms with Crippen molar-refractivity contribution in [3.8, 4) is 0 Å². The van der Waals surface area contributed by atoms with Gasteiger partial charge in [0.05, 0.1) is 25.4 Å². The molecule has 0 radical (unpaired) electrons. The van der Waals surface area contributed by atoms with E-state index in [1.807, 2.05) is 0 Å². The molecule has 0 aromatic carbocycles. The first-order valence-electron chi connectivity index (χ1n) is 19.7. The van der Waals surface area contributed by atoms with Crippen LogP contribution in [0.3, 0.4) is 0 Å². The maximum Gasteiger partial charge on any atom is 0.472 e. The van der Waals surface area contributed by atoms with Crippen LogP contribution in [0.2, 0.25) is 0 Å². The molecule has 46 heavy (non-hydrogen) atoms. The lowest BCUT2D eigenvalue weighted by Gasteiger charge is -2.25. The van der Waals surface area contributed by atoms with Crippen molar-refractivity contribution in [1.82, 2.24) is 5.32 Å². The number of rotatable bonds is 37. The van der Waals surface area contributed by atoms with Gasteiger partial charge in [-0.05, 0) is 12.8 Å². The van der Waals surface area contributed by atoms with Gasteiger partial charge in [0, 0.05) is 13.0 Å². The van der Waals surface area contributed by atoms with Gasteiger partial charge in [-0.1, -0.05) is 181 Å². The van der Waals surface area contributed by atoms with Gasteiger partial charge in [-0.3, -0.25) is 13.8 Å². The predicted octanol–water partition coefficient (Wildman–Crippen LogP) is 10.3. The third-order valence-corrected chi connectivity index (χ3v) is 9.95. The number of phosphoric acid groups is 1. The van der Waals surface area contributed by atoms with Gasteiger partial charge < -0.3 is 21.1 Å². The van der Waals surface area contributed by atoms with Gasteiger partial charge in [-0.25, -0.2) is 4.57 Å². The van der Waals surface area contributed by atoms with E-state index in [0.717, 1.165) is 38.5 Å². The molecule has 0 spiro atoms. The molecule has 0 aromatic rings. The average molecular weight is 677 g/mol. The van der Waals surface area contributed by atoms with Crippen molar-refractivity contribution in [3.05, 3.63) is 0 Å². The Bertz CT molecular complexity index is 699. The van der Waals surface area contributed by atoms with Gasteiger partial charge >= 0.3 is 7.82 Å². The van der Waals surface area contributed by atoms with Crippen molar-refractivity contribution in [1.29, 1.82) is 0 Å². The molecule has 0 heterocycles. The van der Waals surface area contributed by atoms with Crippen LogP contribution in [0.15, 0.2) is 0 Å². The summed E-state index contributed by atoms with van der Waals surface area (Å²) in [5.41, 5.74) is 5.36. The molecule has 5 N–H and O–H groups in total. The van der Waals surface area contributed by atoms with Crippen molar-refractivity contribution >= 4 is 13.7 Å². The van der Waals surface area contributed by atoms with Crippen molar-refractivity contribution in [2.24, 2.45) is 5.73 Å². The number of hydrogen-bond donors (Lipinski definition) is 4. The van der Waals surface area contributed by atoms with Crippen LogP contribution in [0, 0.1) is 0 Å². The fourth-order valence-corrected chi connectivity index (χ4v) is 6.72. The van der Waals surface area contributed by atoms with Crippen molar-refractivity contribution in [3.63, 3.8) is 0 Å². The molecule has 1 amide bonds. The molecule has 0 aliphatic carbocycles. The third-order valence-electron chi connectivity index (χ3n) is 8.96. The zero-order valence-electron chi connectivity index (χ0n) is 30.3. The van der Waals surface area contributed by atoms with Gasteiger partial charge in [-0.2, -0.15) is 0 Å². The normalized spacial score (nSPS) is 14.3. The van der Waals surface area contributed by atoms with Crippen LogP contribution < -0.4 is 11.1 Å². The lowest BCUT2D eigenvalue weighted by molar-refractivity contribution is -0.123. The van der Waals surface area contributed by atoms with Crippen molar-refractivity contribution < 1.29 is 28.4 Å². The number of unbranched alkanes of at least 4 members (excludes halogenated alkanes) is 25. The van der Waals surface area contributed by atoms with Gasteiger partial charge in [0.25, 0.3) is 0 Å². The Kier molecular flexibility index (Phi) is 34.0. The number of aliphatic hydroxyl groups excluding tert-OH is 1. The highest BCUT2D eigenvalue weighted by atomic mass is 31.2. The largest absolute Gasteiger partial charge is 0.472 e. The van der Waals surface area contributed by atoms with Gasteiger partial charge in [0.15, 0.2) is 0 Å². The Morgan fingerprint density at radius 3 is 1.39 bits per heavy atom. The molecule has 0 saturated heterocycles. The van der Waals surface area contributed by atoms with Gasteiger partial charge in [-0.15, -0.1) is 0 Å². The molecular weight excluding hydrogens is 599 g/mol. The summed E-state index contributed by atoms with van der Waals surface area (Å²) in [4.78, 5) is 22.6. The number of nitrogens with one attached hydrogen (secondary N) is 1. The molecule has 9 heteroatoms. The number of aliphatic hydroxyl groups is 1. The van der Waals surface area contributed by atoms with Gasteiger partial charge in [0.2, 0.25) is 5.91 Å². The summed E-state index contributed by atoms with van der Waals surface area (Å²) in [5.74, 6) is -0.160. The zero-order chi connectivity index (χ0) is 34.0. The lowest BCUT2D eigenvalue weighted by Crippen LogP contribution is -2.46. The zero-order valence-corrected chi connectivity index (χ0v) is 31.2. The first-order chi connectivity index (χ1) is 22.4. The standard InChI is InChI=1S/C37H77N2O6P/c1-3-5-7-9-11-13-15-16-17-18-19-21-23-25-27-29-31-37(41)39-35(34-45-46(42,43)44-33-32-38)36(40)30-28-26-24-22-20-14-12-10-8-6-4-2/h35-36,40H,3-34,38H2,1-2H3,(H,39,41)(H,42,43). The van der Waals surface area contributed by atoms with E-state index in [9.17, 15) is 19.4 Å². The smallest absolute Gasteiger partial charge is 0.391 e. The van der Waals surface area contributed by atoms with Gasteiger partial charge in [0.1, 0.15) is 0 Å². The van der Waals surface area contributed by atoms with E-state index in [4.69, 9.17) is 14.8 Å². The highest BCUT2D eigenvalue weighted by Gasteiger charge is 2.27. The number of nitrogens with two attached hydrogens (primary N) is 1. The summed E-state index contributed by atoms with van der Waals surface area (Å²) in [7, 11) is -4.30. The molecule has 0 aliphatic heterocycles. The Morgan fingerprint density at radius 2 is 1.00 bits per heavy atom. The molecule has 0 aliphatic rings. The minimum atomic E-state index is -4.30. The van der Waals surface area contributed by atoms with E-state index in [1.54, 1.807) is 0 Å². The number of phosphoric ester groups is 1. The highest BCUT2D eigenvalue weighted by molar-refractivity contribution is 7.47. The minimum absolute atomic E-state index is 0.0921. The fourth-order valence-electron chi connectivity index (χ4n) is 5.96. The number of carbonyl (C=O) groups excluding carboxylic acids is 1. The first kappa shape index (κ1) is 45.5. The summed E-state index contributed by atoms with van der Waals surface area (Å²) in [5, 5.41) is 13.7.